The highest BCUT2D eigenvalue weighted by atomic mass is 32.2. The van der Waals surface area contributed by atoms with Crippen LogP contribution in [-0.4, -0.2) is 37.8 Å². The largest absolute Gasteiger partial charge is 0.490 e. The van der Waals surface area contributed by atoms with Crippen LogP contribution in [0.2, 0.25) is 0 Å². The number of hydrogen-bond acceptors (Lipinski definition) is 9. The second-order valence-electron chi connectivity index (χ2n) is 8.52. The van der Waals surface area contributed by atoms with Gasteiger partial charge in [-0.1, -0.05) is 30.3 Å². The first-order valence-corrected chi connectivity index (χ1v) is 13.5. The predicted octanol–water partition coefficient (Wildman–Crippen LogP) is 4.16. The summed E-state index contributed by atoms with van der Waals surface area (Å²) in [6.45, 7) is 5.50. The number of barbiturate groups is 1. The van der Waals surface area contributed by atoms with Gasteiger partial charge in [0.15, 0.2) is 11.5 Å². The molecule has 1 fully saturated rings. The lowest BCUT2D eigenvalue weighted by Gasteiger charge is -2.26. The molecule has 0 unspecified atom stereocenters. The first kappa shape index (κ1) is 28.7. The van der Waals surface area contributed by atoms with Crippen LogP contribution in [0, 0.1) is 10.1 Å². The van der Waals surface area contributed by atoms with Gasteiger partial charge in [-0.25, -0.2) is 9.69 Å². The standard InChI is InChI=1S/C28H23N3O9S/c1-3-9-19-14-18(16-24(39-4-2)25(19)40-41(37,38)22-12-6-5-7-13-22)15-23-26(32)29-28(34)30(27(23)33)20-10-8-11-21(17-20)31(35)36/h3,5-8,10-17H,1,4,9H2,2H3,(H,29,32,34)/b23-15+. The number of nitro groups is 1. The number of nitrogens with zero attached hydrogens (tertiary/aromatic N) is 2. The Bertz CT molecular complexity index is 1700. The maximum atomic E-state index is 13.3. The molecule has 0 atom stereocenters. The van der Waals surface area contributed by atoms with E-state index in [-0.39, 0.29) is 46.4 Å². The first-order chi connectivity index (χ1) is 19.6. The Morgan fingerprint density at radius 1 is 1.05 bits per heavy atom. The van der Waals surface area contributed by atoms with Gasteiger partial charge in [0.25, 0.3) is 17.5 Å². The fourth-order valence-corrected chi connectivity index (χ4v) is 4.98. The maximum absolute atomic E-state index is 13.3. The van der Waals surface area contributed by atoms with Crippen molar-refractivity contribution in [3.63, 3.8) is 0 Å². The number of carbonyl (C=O) groups excluding carboxylic acids is 3. The summed E-state index contributed by atoms with van der Waals surface area (Å²) in [6.07, 6.45) is 2.83. The lowest BCUT2D eigenvalue weighted by Crippen LogP contribution is -2.54. The van der Waals surface area contributed by atoms with Crippen LogP contribution in [-0.2, 0) is 26.1 Å². The van der Waals surface area contributed by atoms with Gasteiger partial charge in [-0.05, 0) is 55.3 Å². The summed E-state index contributed by atoms with van der Waals surface area (Å²) in [6, 6.07) is 14.1. The number of carbonyl (C=O) groups is 3. The summed E-state index contributed by atoms with van der Waals surface area (Å²) < 4.78 is 37.1. The number of hydrogen-bond donors (Lipinski definition) is 1. The van der Waals surface area contributed by atoms with E-state index in [1.807, 2.05) is 0 Å². The smallest absolute Gasteiger partial charge is 0.339 e. The topological polar surface area (TPSA) is 162 Å². The van der Waals surface area contributed by atoms with Crippen LogP contribution in [0.4, 0.5) is 16.2 Å². The monoisotopic (exact) mass is 577 g/mol. The summed E-state index contributed by atoms with van der Waals surface area (Å²) in [5, 5.41) is 13.2. The molecule has 4 amide bonds. The normalized spacial score (nSPS) is 14.5. The number of rotatable bonds is 10. The van der Waals surface area contributed by atoms with Crippen molar-refractivity contribution in [1.29, 1.82) is 0 Å². The molecule has 3 aromatic carbocycles. The number of amides is 4. The molecule has 0 aromatic heterocycles. The van der Waals surface area contributed by atoms with Gasteiger partial charge in [-0.15, -0.1) is 6.58 Å². The average Bonchev–Trinajstić information content (AvgIpc) is 2.93. The van der Waals surface area contributed by atoms with Crippen molar-refractivity contribution in [2.45, 2.75) is 18.2 Å². The van der Waals surface area contributed by atoms with Gasteiger partial charge < -0.3 is 8.92 Å². The number of benzene rings is 3. The number of anilines is 1. The Morgan fingerprint density at radius 2 is 1.78 bits per heavy atom. The molecule has 12 nitrogen and oxygen atoms in total. The molecule has 0 saturated carbocycles. The zero-order valence-corrected chi connectivity index (χ0v) is 22.4. The highest BCUT2D eigenvalue weighted by Crippen LogP contribution is 2.37. The Labute approximate surface area is 234 Å². The Balaban J connectivity index is 1.79. The second-order valence-corrected chi connectivity index (χ2v) is 10.1. The first-order valence-electron chi connectivity index (χ1n) is 12.1. The van der Waals surface area contributed by atoms with Crippen LogP contribution < -0.4 is 19.1 Å². The number of nitrogens with one attached hydrogen (secondary N) is 1. The molecule has 0 aliphatic carbocycles. The van der Waals surface area contributed by atoms with Gasteiger partial charge in [0.2, 0.25) is 0 Å². The van der Waals surface area contributed by atoms with Crippen LogP contribution in [0.3, 0.4) is 0 Å². The number of allylic oxidation sites excluding steroid dienone is 1. The molecule has 3 aromatic rings. The Hall–Kier alpha value is -5.30. The molecule has 13 heteroatoms. The number of nitro benzene ring substituents is 1. The molecule has 1 saturated heterocycles. The summed E-state index contributed by atoms with van der Waals surface area (Å²) in [5.74, 6) is -2.08. The molecule has 0 spiro atoms. The zero-order valence-electron chi connectivity index (χ0n) is 21.6. The van der Waals surface area contributed by atoms with E-state index in [9.17, 15) is 32.9 Å². The van der Waals surface area contributed by atoms with Crippen LogP contribution in [0.15, 0.2) is 89.9 Å². The fourth-order valence-electron chi connectivity index (χ4n) is 3.98. The average molecular weight is 578 g/mol. The molecule has 0 bridgehead atoms. The van der Waals surface area contributed by atoms with Crippen LogP contribution in [0.5, 0.6) is 11.5 Å². The molecule has 1 heterocycles. The fraction of sp³-hybridized carbons (Fsp3) is 0.107. The van der Waals surface area contributed by atoms with Crippen molar-refractivity contribution in [3.05, 3.63) is 106 Å². The summed E-state index contributed by atoms with van der Waals surface area (Å²) in [5.41, 5.74) is -0.345. The lowest BCUT2D eigenvalue weighted by molar-refractivity contribution is -0.384. The Kier molecular flexibility index (Phi) is 8.29. The summed E-state index contributed by atoms with van der Waals surface area (Å²) >= 11 is 0. The third-order valence-corrected chi connectivity index (χ3v) is 6.99. The second kappa shape index (κ2) is 11.8. The van der Waals surface area contributed by atoms with Crippen LogP contribution in [0.25, 0.3) is 6.08 Å². The molecule has 0 radical (unpaired) electrons. The van der Waals surface area contributed by atoms with Crippen molar-refractivity contribution in [3.8, 4) is 11.5 Å². The molecule has 4 rings (SSSR count). The minimum Gasteiger partial charge on any atom is -0.490 e. The van der Waals surface area contributed by atoms with Crippen LogP contribution >= 0.6 is 0 Å². The highest BCUT2D eigenvalue weighted by Gasteiger charge is 2.37. The molecule has 1 N–H and O–H groups in total. The number of non-ortho nitro benzene ring substituents is 1. The van der Waals surface area contributed by atoms with E-state index < -0.39 is 38.5 Å². The van der Waals surface area contributed by atoms with Gasteiger partial charge in [-0.2, -0.15) is 8.42 Å². The van der Waals surface area contributed by atoms with Gasteiger partial charge in [-0.3, -0.25) is 25.0 Å². The van der Waals surface area contributed by atoms with E-state index in [1.165, 1.54) is 54.6 Å². The molecule has 210 valence electrons. The minimum absolute atomic E-state index is 0.0217. The van der Waals surface area contributed by atoms with E-state index in [4.69, 9.17) is 8.92 Å². The SMILES string of the molecule is C=CCc1cc(/C=C2\C(=O)NC(=O)N(c3cccc([N+](=O)[O-])c3)C2=O)cc(OCC)c1OS(=O)(=O)c1ccccc1. The lowest BCUT2D eigenvalue weighted by atomic mass is 10.0. The molecule has 1 aliphatic heterocycles. The summed E-state index contributed by atoms with van der Waals surface area (Å²) in [7, 11) is -4.25. The van der Waals surface area contributed by atoms with E-state index in [0.29, 0.717) is 10.5 Å². The van der Waals surface area contributed by atoms with Crippen molar-refractivity contribution in [2.75, 3.05) is 11.5 Å². The Morgan fingerprint density at radius 3 is 2.44 bits per heavy atom. The van der Waals surface area contributed by atoms with Crippen molar-refractivity contribution in [1.82, 2.24) is 5.32 Å². The molecular formula is C28H23N3O9S. The van der Waals surface area contributed by atoms with Gasteiger partial charge in [0, 0.05) is 17.7 Å². The van der Waals surface area contributed by atoms with Gasteiger partial charge >= 0.3 is 16.1 Å². The quantitative estimate of drug-likeness (QED) is 0.0931. The van der Waals surface area contributed by atoms with Crippen molar-refractivity contribution >= 4 is 45.4 Å². The zero-order chi connectivity index (χ0) is 29.7. The van der Waals surface area contributed by atoms with Crippen LogP contribution in [0.1, 0.15) is 18.1 Å². The summed E-state index contributed by atoms with van der Waals surface area (Å²) in [4.78, 5) is 49.6. The number of urea groups is 1. The molecule has 1 aliphatic rings. The predicted molar refractivity (Wildman–Crippen MR) is 148 cm³/mol. The van der Waals surface area contributed by atoms with Gasteiger partial charge in [0.05, 0.1) is 17.2 Å². The highest BCUT2D eigenvalue weighted by molar-refractivity contribution is 7.87. The van der Waals surface area contributed by atoms with Crippen molar-refractivity contribution in [2.24, 2.45) is 0 Å². The molecular weight excluding hydrogens is 554 g/mol. The third-order valence-electron chi connectivity index (χ3n) is 5.75. The number of imide groups is 2. The van der Waals surface area contributed by atoms with E-state index >= 15 is 0 Å². The van der Waals surface area contributed by atoms with Crippen molar-refractivity contribution < 1.29 is 36.6 Å². The van der Waals surface area contributed by atoms with E-state index in [1.54, 1.807) is 25.1 Å². The maximum Gasteiger partial charge on any atom is 0.339 e. The number of ether oxygens (including phenoxy) is 1. The molecule has 41 heavy (non-hydrogen) atoms. The van der Waals surface area contributed by atoms with Gasteiger partial charge in [0.1, 0.15) is 10.5 Å². The third kappa shape index (κ3) is 6.15. The minimum atomic E-state index is -4.25. The van der Waals surface area contributed by atoms with E-state index in [2.05, 4.69) is 11.9 Å². The van der Waals surface area contributed by atoms with E-state index in [0.717, 1.165) is 6.07 Å².